The molecule has 1 saturated heterocycles. The molecule has 1 rings (SSSR count). The Balaban J connectivity index is 2.70. The molecule has 8 nitrogen and oxygen atoms in total. The molecule has 0 aromatic heterocycles. The first-order valence-electron chi connectivity index (χ1n) is 5.25. The summed E-state index contributed by atoms with van der Waals surface area (Å²) in [5.41, 5.74) is 5.45. The van der Waals surface area contributed by atoms with Gasteiger partial charge in [-0.15, -0.1) is 0 Å². The van der Waals surface area contributed by atoms with E-state index >= 15 is 0 Å². The van der Waals surface area contributed by atoms with E-state index in [2.05, 4.69) is 4.74 Å². The van der Waals surface area contributed by atoms with Crippen molar-refractivity contribution in [3.05, 3.63) is 0 Å². The molecule has 1 atom stereocenters. The molecular weight excluding hydrogens is 250 g/mol. The SMILES string of the molecule is CCOC(=O)NS(=O)(=O)N1CCOCC1CN. The van der Waals surface area contributed by atoms with Crippen LogP contribution >= 0.6 is 0 Å². The second-order valence-corrected chi connectivity index (χ2v) is 5.03. The van der Waals surface area contributed by atoms with Gasteiger partial charge in [0.2, 0.25) is 0 Å². The van der Waals surface area contributed by atoms with Crippen LogP contribution in [0.1, 0.15) is 6.92 Å². The molecule has 0 radical (unpaired) electrons. The van der Waals surface area contributed by atoms with Crippen LogP contribution in [0.5, 0.6) is 0 Å². The van der Waals surface area contributed by atoms with Crippen LogP contribution in [0.3, 0.4) is 0 Å². The van der Waals surface area contributed by atoms with Gasteiger partial charge in [-0.2, -0.15) is 12.7 Å². The summed E-state index contributed by atoms with van der Waals surface area (Å²) in [7, 11) is -3.92. The van der Waals surface area contributed by atoms with Gasteiger partial charge >= 0.3 is 16.3 Å². The van der Waals surface area contributed by atoms with Crippen LogP contribution in [0.2, 0.25) is 0 Å². The summed E-state index contributed by atoms with van der Waals surface area (Å²) in [6, 6.07) is -0.462. The molecule has 0 saturated carbocycles. The summed E-state index contributed by atoms with van der Waals surface area (Å²) >= 11 is 0. The van der Waals surface area contributed by atoms with Gasteiger partial charge in [0.15, 0.2) is 0 Å². The van der Waals surface area contributed by atoms with E-state index in [-0.39, 0.29) is 32.9 Å². The minimum Gasteiger partial charge on any atom is -0.449 e. The van der Waals surface area contributed by atoms with Gasteiger partial charge in [0, 0.05) is 13.1 Å². The summed E-state index contributed by atoms with van der Waals surface area (Å²) in [4.78, 5) is 11.1. The monoisotopic (exact) mass is 267 g/mol. The van der Waals surface area contributed by atoms with Gasteiger partial charge in [0.05, 0.1) is 25.9 Å². The van der Waals surface area contributed by atoms with Crippen LogP contribution in [0.4, 0.5) is 4.79 Å². The van der Waals surface area contributed by atoms with Crippen LogP contribution in [-0.4, -0.2) is 57.8 Å². The van der Waals surface area contributed by atoms with Gasteiger partial charge in [0.25, 0.3) is 0 Å². The smallest absolute Gasteiger partial charge is 0.421 e. The zero-order chi connectivity index (χ0) is 12.9. The van der Waals surface area contributed by atoms with Gasteiger partial charge in [-0.05, 0) is 6.92 Å². The number of amides is 1. The van der Waals surface area contributed by atoms with Gasteiger partial charge < -0.3 is 15.2 Å². The minimum absolute atomic E-state index is 0.102. The summed E-state index contributed by atoms with van der Waals surface area (Å²) in [5.74, 6) is 0. The maximum atomic E-state index is 11.8. The lowest BCUT2D eigenvalue weighted by molar-refractivity contribution is 0.0351. The number of carbonyl (C=O) groups excluding carboxylic acids is 1. The van der Waals surface area contributed by atoms with Crippen LogP contribution in [0, 0.1) is 0 Å². The molecule has 0 aromatic carbocycles. The molecule has 100 valence electrons. The molecule has 17 heavy (non-hydrogen) atoms. The second-order valence-electron chi connectivity index (χ2n) is 3.40. The highest BCUT2D eigenvalue weighted by molar-refractivity contribution is 7.87. The highest BCUT2D eigenvalue weighted by atomic mass is 32.2. The first-order chi connectivity index (χ1) is 8.01. The van der Waals surface area contributed by atoms with E-state index < -0.39 is 22.3 Å². The topological polar surface area (TPSA) is 111 Å². The lowest BCUT2D eigenvalue weighted by Gasteiger charge is -2.33. The number of hydrogen-bond donors (Lipinski definition) is 2. The zero-order valence-corrected chi connectivity index (χ0v) is 10.4. The first kappa shape index (κ1) is 14.2. The van der Waals surface area contributed by atoms with E-state index in [4.69, 9.17) is 10.5 Å². The zero-order valence-electron chi connectivity index (χ0n) is 9.59. The largest absolute Gasteiger partial charge is 0.449 e. The molecule has 3 N–H and O–H groups in total. The second kappa shape index (κ2) is 6.15. The third kappa shape index (κ3) is 3.80. The molecule has 1 amide bonds. The number of carbonyl (C=O) groups is 1. The summed E-state index contributed by atoms with van der Waals surface area (Å²) in [6.45, 7) is 2.48. The van der Waals surface area contributed by atoms with E-state index in [0.29, 0.717) is 0 Å². The third-order valence-corrected chi connectivity index (χ3v) is 3.76. The van der Waals surface area contributed by atoms with E-state index in [1.165, 1.54) is 0 Å². The molecule has 1 fully saturated rings. The van der Waals surface area contributed by atoms with E-state index in [9.17, 15) is 13.2 Å². The van der Waals surface area contributed by atoms with Crippen molar-refractivity contribution in [1.82, 2.24) is 9.03 Å². The summed E-state index contributed by atoms with van der Waals surface area (Å²) in [6.07, 6.45) is -0.991. The molecule has 1 unspecified atom stereocenters. The standard InChI is InChI=1S/C8H17N3O5S/c1-2-16-8(12)10-17(13,14)11-3-4-15-6-7(11)5-9/h7H,2-6,9H2,1H3,(H,10,12). The Bertz CT molecular complexity index is 358. The molecule has 0 aliphatic carbocycles. The molecule has 9 heteroatoms. The quantitative estimate of drug-likeness (QED) is 0.650. The molecule has 0 bridgehead atoms. The average Bonchev–Trinajstić information content (AvgIpc) is 2.28. The maximum Gasteiger partial charge on any atom is 0.421 e. The Morgan fingerprint density at radius 2 is 2.35 bits per heavy atom. The van der Waals surface area contributed by atoms with E-state index in [1.54, 1.807) is 6.92 Å². The minimum atomic E-state index is -3.92. The Hall–Kier alpha value is -0.900. The number of nitrogens with zero attached hydrogens (tertiary/aromatic N) is 1. The molecule has 1 aliphatic heterocycles. The van der Waals surface area contributed by atoms with Gasteiger partial charge in [-0.1, -0.05) is 0 Å². The fourth-order valence-electron chi connectivity index (χ4n) is 1.47. The van der Waals surface area contributed by atoms with Crippen molar-refractivity contribution in [3.63, 3.8) is 0 Å². The highest BCUT2D eigenvalue weighted by Gasteiger charge is 2.33. The van der Waals surface area contributed by atoms with Crippen molar-refractivity contribution >= 4 is 16.3 Å². The fourth-order valence-corrected chi connectivity index (χ4v) is 2.71. The lowest BCUT2D eigenvalue weighted by atomic mass is 10.3. The number of hydrogen-bond acceptors (Lipinski definition) is 6. The van der Waals surface area contributed by atoms with Crippen LogP contribution in [-0.2, 0) is 19.7 Å². The van der Waals surface area contributed by atoms with E-state index in [0.717, 1.165) is 4.31 Å². The Labute approximate surface area is 100 Å². The lowest BCUT2D eigenvalue weighted by Crippen LogP contribution is -2.56. The molecule has 1 heterocycles. The molecular formula is C8H17N3O5S. The Morgan fingerprint density at radius 1 is 1.65 bits per heavy atom. The predicted octanol–water partition coefficient (Wildman–Crippen LogP) is -1.36. The van der Waals surface area contributed by atoms with Crippen LogP contribution in [0.25, 0.3) is 0 Å². The number of ether oxygens (including phenoxy) is 2. The van der Waals surface area contributed by atoms with E-state index in [1.807, 2.05) is 4.72 Å². The van der Waals surface area contributed by atoms with Crippen molar-refractivity contribution in [2.24, 2.45) is 5.73 Å². The van der Waals surface area contributed by atoms with Crippen molar-refractivity contribution < 1.29 is 22.7 Å². The summed E-state index contributed by atoms with van der Waals surface area (Å²) in [5, 5.41) is 0. The number of rotatable bonds is 4. The number of morpholine rings is 1. The number of nitrogens with two attached hydrogens (primary N) is 1. The van der Waals surface area contributed by atoms with Gasteiger partial charge in [-0.3, -0.25) is 0 Å². The molecule has 1 aliphatic rings. The summed E-state index contributed by atoms with van der Waals surface area (Å²) < 4.78 is 36.3. The van der Waals surface area contributed by atoms with Crippen molar-refractivity contribution in [3.8, 4) is 0 Å². The van der Waals surface area contributed by atoms with Crippen molar-refractivity contribution in [2.45, 2.75) is 13.0 Å². The third-order valence-electron chi connectivity index (χ3n) is 2.24. The average molecular weight is 267 g/mol. The van der Waals surface area contributed by atoms with Crippen molar-refractivity contribution in [1.29, 1.82) is 0 Å². The Morgan fingerprint density at radius 3 is 2.94 bits per heavy atom. The van der Waals surface area contributed by atoms with Gasteiger partial charge in [0.1, 0.15) is 0 Å². The van der Waals surface area contributed by atoms with Crippen LogP contribution < -0.4 is 10.5 Å². The first-order valence-corrected chi connectivity index (χ1v) is 6.69. The van der Waals surface area contributed by atoms with Crippen LogP contribution in [0.15, 0.2) is 0 Å². The fraction of sp³-hybridized carbons (Fsp3) is 0.875. The predicted molar refractivity (Wildman–Crippen MR) is 59.4 cm³/mol. The maximum absolute atomic E-state index is 11.8. The normalized spacial score (nSPS) is 22.1. The van der Waals surface area contributed by atoms with Crippen molar-refractivity contribution in [2.75, 3.05) is 32.9 Å². The Kier molecular flexibility index (Phi) is 5.12. The molecule has 0 aromatic rings. The van der Waals surface area contributed by atoms with Gasteiger partial charge in [-0.25, -0.2) is 9.52 Å². The molecule has 0 spiro atoms. The highest BCUT2D eigenvalue weighted by Crippen LogP contribution is 2.10. The number of nitrogens with one attached hydrogen (secondary N) is 1.